The highest BCUT2D eigenvalue weighted by Gasteiger charge is 2.23. The van der Waals surface area contributed by atoms with Crippen molar-refractivity contribution in [3.63, 3.8) is 0 Å². The Bertz CT molecular complexity index is 1680. The maximum atomic E-state index is 10.8. The Morgan fingerprint density at radius 3 is 1.53 bits per heavy atom. The highest BCUT2D eigenvalue weighted by Crippen LogP contribution is 2.54. The van der Waals surface area contributed by atoms with Gasteiger partial charge < -0.3 is 20.4 Å². The average Bonchev–Trinajstić information content (AvgIpc) is 2.79. The number of aromatic hydroxyl groups is 4. The molecule has 0 fully saturated rings. The SMILES string of the molecule is Oc1c(O)c(O)c2c3ccc4ccc5ccccc5c4c3c3ccccc3c2c1O. The van der Waals surface area contributed by atoms with Gasteiger partial charge in [-0.05, 0) is 43.1 Å². The van der Waals surface area contributed by atoms with E-state index in [9.17, 15) is 20.4 Å². The van der Waals surface area contributed by atoms with Gasteiger partial charge in [0.05, 0.1) is 0 Å². The van der Waals surface area contributed by atoms with E-state index < -0.39 is 23.0 Å². The lowest BCUT2D eigenvalue weighted by Crippen LogP contribution is -1.88. The first-order valence-corrected chi connectivity index (χ1v) is 9.62. The maximum absolute atomic E-state index is 10.8. The molecule has 0 amide bonds. The van der Waals surface area contributed by atoms with Gasteiger partial charge in [-0.2, -0.15) is 0 Å². The van der Waals surface area contributed by atoms with Gasteiger partial charge in [-0.1, -0.05) is 72.8 Å². The highest BCUT2D eigenvalue weighted by molar-refractivity contribution is 6.36. The normalized spacial score (nSPS) is 11.9. The van der Waals surface area contributed by atoms with Gasteiger partial charge >= 0.3 is 0 Å². The molecule has 4 N–H and O–H groups in total. The molecule has 0 saturated heterocycles. The lowest BCUT2D eigenvalue weighted by atomic mass is 9.88. The minimum atomic E-state index is -0.727. The summed E-state index contributed by atoms with van der Waals surface area (Å²) in [5.74, 6) is -2.35. The van der Waals surface area contributed by atoms with Crippen LogP contribution in [0.25, 0.3) is 53.9 Å². The van der Waals surface area contributed by atoms with Crippen molar-refractivity contribution < 1.29 is 20.4 Å². The molecule has 144 valence electrons. The molecule has 0 bridgehead atoms. The van der Waals surface area contributed by atoms with Gasteiger partial charge in [-0.3, -0.25) is 0 Å². The molecule has 0 atom stereocenters. The Labute approximate surface area is 170 Å². The number of phenolic OH excluding ortho intramolecular Hbond substituents is 4. The van der Waals surface area contributed by atoms with E-state index in [-0.39, 0.29) is 0 Å². The summed E-state index contributed by atoms with van der Waals surface area (Å²) >= 11 is 0. The second-order valence-corrected chi connectivity index (χ2v) is 7.56. The van der Waals surface area contributed by atoms with Crippen LogP contribution in [0.15, 0.2) is 72.8 Å². The molecule has 0 radical (unpaired) electrons. The van der Waals surface area contributed by atoms with Crippen LogP contribution < -0.4 is 0 Å². The molecule has 0 aliphatic rings. The Morgan fingerprint density at radius 1 is 0.333 bits per heavy atom. The third kappa shape index (κ3) is 1.95. The van der Waals surface area contributed by atoms with E-state index in [4.69, 9.17) is 0 Å². The second-order valence-electron chi connectivity index (χ2n) is 7.56. The second kappa shape index (κ2) is 5.67. The van der Waals surface area contributed by atoms with Crippen LogP contribution in [0.3, 0.4) is 0 Å². The van der Waals surface area contributed by atoms with Gasteiger partial charge in [0.1, 0.15) is 0 Å². The Balaban J connectivity index is 2.07. The molecule has 6 rings (SSSR count). The smallest absolute Gasteiger partial charge is 0.204 e. The summed E-state index contributed by atoms with van der Waals surface area (Å²) in [5, 5.41) is 50.0. The van der Waals surface area contributed by atoms with Crippen molar-refractivity contribution in [3.05, 3.63) is 72.8 Å². The molecular formula is C26H16O4. The minimum absolute atomic E-state index is 0.311. The predicted molar refractivity (Wildman–Crippen MR) is 121 cm³/mol. The zero-order chi connectivity index (χ0) is 20.6. The summed E-state index contributed by atoms with van der Waals surface area (Å²) in [5.41, 5.74) is 0. The van der Waals surface area contributed by atoms with E-state index in [2.05, 4.69) is 24.3 Å². The molecule has 0 aliphatic carbocycles. The first kappa shape index (κ1) is 16.7. The zero-order valence-electron chi connectivity index (χ0n) is 15.7. The van der Waals surface area contributed by atoms with Gasteiger partial charge in [-0.15, -0.1) is 0 Å². The molecule has 0 spiro atoms. The number of benzene rings is 6. The standard InChI is InChI=1S/C26H16O4/c27-23-21-17-8-4-3-7-16(17)20-18(22(21)24(28)26(30)25(23)29)12-11-14-10-9-13-5-1-2-6-15(13)19(14)20/h1-12,27-30H. The van der Waals surface area contributed by atoms with Crippen LogP contribution in [0.2, 0.25) is 0 Å². The molecular weight excluding hydrogens is 376 g/mol. The molecule has 0 aliphatic heterocycles. The van der Waals surface area contributed by atoms with E-state index in [1.165, 1.54) is 0 Å². The van der Waals surface area contributed by atoms with Crippen LogP contribution >= 0.6 is 0 Å². The number of hydrogen-bond acceptors (Lipinski definition) is 4. The van der Waals surface area contributed by atoms with Crippen molar-refractivity contribution in [2.75, 3.05) is 0 Å². The molecule has 4 heteroatoms. The van der Waals surface area contributed by atoms with Crippen molar-refractivity contribution in [2.24, 2.45) is 0 Å². The fourth-order valence-electron chi connectivity index (χ4n) is 4.73. The van der Waals surface area contributed by atoms with Crippen LogP contribution in [0.4, 0.5) is 0 Å². The first-order valence-electron chi connectivity index (χ1n) is 9.62. The summed E-state index contributed by atoms with van der Waals surface area (Å²) in [6.07, 6.45) is 0. The van der Waals surface area contributed by atoms with E-state index in [0.717, 1.165) is 32.3 Å². The van der Waals surface area contributed by atoms with Gasteiger partial charge in [0, 0.05) is 10.8 Å². The fraction of sp³-hybridized carbons (Fsp3) is 0. The van der Waals surface area contributed by atoms with E-state index in [1.54, 1.807) is 0 Å². The van der Waals surface area contributed by atoms with Crippen LogP contribution in [-0.2, 0) is 0 Å². The van der Waals surface area contributed by atoms with E-state index >= 15 is 0 Å². The van der Waals surface area contributed by atoms with Crippen LogP contribution in [0.1, 0.15) is 0 Å². The van der Waals surface area contributed by atoms with Crippen molar-refractivity contribution in [2.45, 2.75) is 0 Å². The lowest BCUT2D eigenvalue weighted by molar-refractivity contribution is 0.351. The quantitative estimate of drug-likeness (QED) is 0.139. The molecule has 0 aromatic heterocycles. The summed E-state index contributed by atoms with van der Waals surface area (Å²) in [4.78, 5) is 0. The van der Waals surface area contributed by atoms with Crippen molar-refractivity contribution >= 4 is 53.9 Å². The van der Waals surface area contributed by atoms with Crippen LogP contribution in [0, 0.1) is 0 Å². The molecule has 0 unspecified atom stereocenters. The molecule has 0 heterocycles. The summed E-state index contributed by atoms with van der Waals surface area (Å²) in [7, 11) is 0. The third-order valence-electron chi connectivity index (χ3n) is 6.04. The number of phenols is 4. The van der Waals surface area contributed by atoms with Gasteiger partial charge in [0.15, 0.2) is 11.5 Å². The maximum Gasteiger partial charge on any atom is 0.204 e. The predicted octanol–water partition coefficient (Wildman–Crippen LogP) is 6.28. The molecule has 0 saturated carbocycles. The Morgan fingerprint density at radius 2 is 0.833 bits per heavy atom. The molecule has 6 aromatic rings. The highest BCUT2D eigenvalue weighted by atomic mass is 16.3. The van der Waals surface area contributed by atoms with Crippen molar-refractivity contribution in [3.8, 4) is 23.0 Å². The summed E-state index contributed by atoms with van der Waals surface area (Å²) in [6.45, 7) is 0. The van der Waals surface area contributed by atoms with Gasteiger partial charge in [-0.25, -0.2) is 0 Å². The number of fused-ring (bicyclic) bond motifs is 10. The van der Waals surface area contributed by atoms with E-state index in [1.807, 2.05) is 48.5 Å². The van der Waals surface area contributed by atoms with Gasteiger partial charge in [0.25, 0.3) is 0 Å². The van der Waals surface area contributed by atoms with Gasteiger partial charge in [0.2, 0.25) is 11.5 Å². The molecule has 30 heavy (non-hydrogen) atoms. The monoisotopic (exact) mass is 392 g/mol. The largest absolute Gasteiger partial charge is 0.504 e. The third-order valence-corrected chi connectivity index (χ3v) is 6.04. The van der Waals surface area contributed by atoms with Crippen LogP contribution in [-0.4, -0.2) is 20.4 Å². The minimum Gasteiger partial charge on any atom is -0.504 e. The van der Waals surface area contributed by atoms with Crippen molar-refractivity contribution in [1.29, 1.82) is 0 Å². The molecule has 6 aromatic carbocycles. The number of hydrogen-bond donors (Lipinski definition) is 4. The van der Waals surface area contributed by atoms with Crippen molar-refractivity contribution in [1.82, 2.24) is 0 Å². The molecule has 4 nitrogen and oxygen atoms in total. The van der Waals surface area contributed by atoms with Crippen LogP contribution in [0.5, 0.6) is 23.0 Å². The Kier molecular flexibility index (Phi) is 3.17. The zero-order valence-corrected chi connectivity index (χ0v) is 15.7. The Hall–Kier alpha value is -4.18. The summed E-state index contributed by atoms with van der Waals surface area (Å²) in [6, 6.07) is 23.7. The first-order chi connectivity index (χ1) is 14.6. The lowest BCUT2D eigenvalue weighted by Gasteiger charge is -2.17. The topological polar surface area (TPSA) is 80.9 Å². The fourth-order valence-corrected chi connectivity index (χ4v) is 4.73. The summed E-state index contributed by atoms with van der Waals surface area (Å²) < 4.78 is 0. The number of rotatable bonds is 0. The van der Waals surface area contributed by atoms with E-state index in [0.29, 0.717) is 21.5 Å². The average molecular weight is 392 g/mol.